The maximum atomic E-state index is 15.4. The van der Waals surface area contributed by atoms with Crippen LogP contribution in [0, 0.1) is 116 Å². The Morgan fingerprint density at radius 2 is 0.481 bits per heavy atom. The molecule has 0 spiro atoms. The van der Waals surface area contributed by atoms with Gasteiger partial charge < -0.3 is 0 Å². The van der Waals surface area contributed by atoms with Crippen LogP contribution in [0.15, 0.2) is 127 Å². The molecule has 0 saturated heterocycles. The summed E-state index contributed by atoms with van der Waals surface area (Å²) in [5, 5.41) is 0.351. The van der Waals surface area contributed by atoms with Gasteiger partial charge in [0.1, 0.15) is 52.7 Å². The van der Waals surface area contributed by atoms with Gasteiger partial charge in [0.15, 0.2) is 86.1 Å². The van der Waals surface area contributed by atoms with Gasteiger partial charge in [0, 0.05) is 38.7 Å². The molecule has 23 heteroatoms. The molecule has 2 aliphatic rings. The second-order valence-electron chi connectivity index (χ2n) is 18.3. The van der Waals surface area contributed by atoms with Crippen LogP contribution < -0.4 is 21.9 Å². The van der Waals surface area contributed by atoms with E-state index in [9.17, 15) is 57.5 Å². The number of benzene rings is 9. The number of hydrogen-bond donors (Lipinski definition) is 0. The topological polar surface area (TPSA) is 17.1 Å². The Bertz CT molecular complexity index is 3530. The molecule has 2 aliphatic carbocycles. The molecule has 412 valence electrons. The van der Waals surface area contributed by atoms with E-state index in [1.807, 2.05) is 30.3 Å². The molecular formula is C58H25BF20OS. The predicted octanol–water partition coefficient (Wildman–Crippen LogP) is 13.9. The van der Waals surface area contributed by atoms with Crippen LogP contribution in [0.4, 0.5) is 87.8 Å². The Hall–Kier alpha value is -8.34. The van der Waals surface area contributed by atoms with E-state index in [-0.39, 0.29) is 27.2 Å². The van der Waals surface area contributed by atoms with E-state index < -0.39 is 144 Å². The van der Waals surface area contributed by atoms with Crippen LogP contribution in [-0.2, 0) is 10.9 Å². The van der Waals surface area contributed by atoms with E-state index in [1.54, 1.807) is 0 Å². The minimum atomic E-state index is -7.22. The molecule has 0 N–H and O–H groups in total. The van der Waals surface area contributed by atoms with Gasteiger partial charge in [0.25, 0.3) is 0 Å². The van der Waals surface area contributed by atoms with Gasteiger partial charge in [-0.05, 0) is 22.3 Å². The fourth-order valence-electron chi connectivity index (χ4n) is 10.9. The summed E-state index contributed by atoms with van der Waals surface area (Å²) in [5.74, 6) is -70.7. The van der Waals surface area contributed by atoms with Crippen molar-refractivity contribution in [2.75, 3.05) is 5.75 Å². The Balaban J connectivity index is 0.000000185. The molecule has 0 saturated carbocycles. The van der Waals surface area contributed by atoms with Crippen molar-refractivity contribution in [2.45, 2.75) is 10.5 Å². The van der Waals surface area contributed by atoms with E-state index in [0.29, 0.717) is 5.75 Å². The van der Waals surface area contributed by atoms with Crippen LogP contribution >= 0.6 is 0 Å². The molecule has 81 heavy (non-hydrogen) atoms. The van der Waals surface area contributed by atoms with Crippen LogP contribution in [0.25, 0.3) is 22.3 Å². The lowest BCUT2D eigenvalue weighted by Crippen LogP contribution is -2.81. The zero-order valence-electron chi connectivity index (χ0n) is 39.9. The van der Waals surface area contributed by atoms with Gasteiger partial charge in [-0.2, -0.15) is 0 Å². The first-order valence-electron chi connectivity index (χ1n) is 23.4. The Labute approximate surface area is 446 Å². The summed E-state index contributed by atoms with van der Waals surface area (Å²) in [6.07, 6.45) is -7.22. The molecular weight excluding hydrogens is 1140 g/mol. The van der Waals surface area contributed by atoms with Gasteiger partial charge >= 0.3 is 0 Å². The van der Waals surface area contributed by atoms with E-state index in [2.05, 4.69) is 97.1 Å². The first kappa shape index (κ1) is 56.0. The minimum absolute atomic E-state index is 0.175. The van der Waals surface area contributed by atoms with Crippen LogP contribution in [0.2, 0.25) is 0 Å². The summed E-state index contributed by atoms with van der Waals surface area (Å²) in [7, 11) is -0.301. The summed E-state index contributed by atoms with van der Waals surface area (Å²) in [4.78, 5) is 13.8. The van der Waals surface area contributed by atoms with Crippen molar-refractivity contribution in [3.05, 3.63) is 272 Å². The maximum Gasteiger partial charge on any atom is 0.211 e. The molecule has 0 amide bonds. The number of ketones is 1. The maximum absolute atomic E-state index is 15.4. The third-order valence-electron chi connectivity index (χ3n) is 14.3. The summed E-state index contributed by atoms with van der Waals surface area (Å²) >= 11 is 0. The summed E-state index contributed by atoms with van der Waals surface area (Å²) in [5.41, 5.74) is -2.89. The average Bonchev–Trinajstić information content (AvgIpc) is 3.58. The lowest BCUT2D eigenvalue weighted by atomic mass is 9.12. The third kappa shape index (κ3) is 8.38. The van der Waals surface area contributed by atoms with Gasteiger partial charge in [-0.1, -0.05) is 127 Å². The number of carbonyl (C=O) groups is 1. The quantitative estimate of drug-likeness (QED) is 0.0352. The fourth-order valence-corrected chi connectivity index (χ4v) is 14.1. The van der Waals surface area contributed by atoms with Gasteiger partial charge in [-0.25, -0.2) is 87.8 Å². The third-order valence-corrected chi connectivity index (χ3v) is 17.1. The van der Waals surface area contributed by atoms with E-state index in [1.165, 1.54) is 44.5 Å². The summed E-state index contributed by atoms with van der Waals surface area (Å²) in [6.45, 7) is 0. The highest BCUT2D eigenvalue weighted by atomic mass is 32.2. The highest BCUT2D eigenvalue weighted by Crippen LogP contribution is 2.57. The Morgan fingerprint density at radius 3 is 0.716 bits per heavy atom. The summed E-state index contributed by atoms with van der Waals surface area (Å²) in [6, 6.07) is 45.0. The number of Topliss-reactive ketones (excluding diaryl/α,β-unsaturated/α-hetero) is 1. The van der Waals surface area contributed by atoms with E-state index in [0.717, 1.165) is 5.56 Å². The Morgan fingerprint density at radius 1 is 0.284 bits per heavy atom. The standard InChI is InChI=1S/C34H25OS.C24BF20/c35-32(23-12-2-1-3-13-23)22-36(33-28-18-8-4-14-24(28)25-15-5-9-19-29(25)33)34-30-20-10-6-16-26(30)27-17-7-11-21-31(27)34;26-5-1(6(27)14(35)21(42)13(5)34)25(2-7(28)15(36)22(43)16(37)8(2)29,3-9(30)17(38)23(44)18(39)10(3)31)4-11(32)19(40)24(45)20(41)12(4)33/h1-21,33-34H,22H2;/q+1;-1. The van der Waals surface area contributed by atoms with Crippen molar-refractivity contribution in [1.29, 1.82) is 0 Å². The zero-order chi connectivity index (χ0) is 58.4. The van der Waals surface area contributed by atoms with E-state index >= 15 is 35.1 Å². The van der Waals surface area contributed by atoms with Crippen LogP contribution in [0.3, 0.4) is 0 Å². The number of hydrogen-bond acceptors (Lipinski definition) is 1. The smallest absolute Gasteiger partial charge is 0.211 e. The van der Waals surface area contributed by atoms with Crippen molar-refractivity contribution in [2.24, 2.45) is 0 Å². The highest BCUT2D eigenvalue weighted by molar-refractivity contribution is 7.98. The average molecular weight is 1160 g/mol. The molecule has 0 heterocycles. The molecule has 0 bridgehead atoms. The van der Waals surface area contributed by atoms with Crippen molar-refractivity contribution in [3.63, 3.8) is 0 Å². The molecule has 0 aromatic heterocycles. The molecule has 0 atom stereocenters. The lowest BCUT2D eigenvalue weighted by Gasteiger charge is -2.44. The summed E-state index contributed by atoms with van der Waals surface area (Å²) < 4.78 is 294. The molecule has 0 unspecified atom stereocenters. The van der Waals surface area contributed by atoms with Crippen LogP contribution in [0.5, 0.6) is 0 Å². The van der Waals surface area contributed by atoms with Crippen molar-refractivity contribution in [1.82, 2.24) is 0 Å². The van der Waals surface area contributed by atoms with Crippen molar-refractivity contribution < 1.29 is 92.6 Å². The Kier molecular flexibility index (Phi) is 14.5. The number of halogens is 20. The fraction of sp³-hybridized carbons (Fsp3) is 0.0517. The molecule has 11 rings (SSSR count). The molecule has 0 radical (unpaired) electrons. The second-order valence-corrected chi connectivity index (χ2v) is 20.5. The van der Waals surface area contributed by atoms with Gasteiger partial charge in [0.2, 0.25) is 5.78 Å². The van der Waals surface area contributed by atoms with Gasteiger partial charge in [-0.3, -0.25) is 4.79 Å². The van der Waals surface area contributed by atoms with Crippen molar-refractivity contribution in [3.8, 4) is 22.3 Å². The zero-order valence-corrected chi connectivity index (χ0v) is 40.8. The first-order chi connectivity index (χ1) is 38.5. The van der Waals surface area contributed by atoms with Crippen LogP contribution in [-0.4, -0.2) is 17.7 Å². The lowest BCUT2D eigenvalue weighted by molar-refractivity contribution is 0.102. The molecule has 9 aromatic rings. The highest BCUT2D eigenvalue weighted by Gasteiger charge is 2.54. The van der Waals surface area contributed by atoms with E-state index in [4.69, 9.17) is 0 Å². The predicted molar refractivity (Wildman–Crippen MR) is 260 cm³/mol. The number of fused-ring (bicyclic) bond motifs is 6. The van der Waals surface area contributed by atoms with Crippen molar-refractivity contribution >= 4 is 44.7 Å². The first-order valence-corrected chi connectivity index (χ1v) is 24.9. The monoisotopic (exact) mass is 1160 g/mol. The van der Waals surface area contributed by atoms with Gasteiger partial charge in [0.05, 0.1) is 0 Å². The van der Waals surface area contributed by atoms with Gasteiger partial charge in [-0.15, -0.1) is 21.9 Å². The largest absolute Gasteiger partial charge is 0.289 e. The normalized spacial score (nSPS) is 12.8. The number of carbonyl (C=O) groups excluding carboxylic acids is 1. The molecule has 0 aliphatic heterocycles. The second kappa shape index (κ2) is 21.0. The molecule has 9 aromatic carbocycles. The SMILES string of the molecule is Fc1c(F)c(F)c([B-](c2c(F)c(F)c(F)c(F)c2F)(c2c(F)c(F)c(F)c(F)c2F)c2c(F)c(F)c(F)c(F)c2F)c(F)c1F.O=C(C[S+](C1c2ccccc2-c2ccccc21)C1c2ccccc2-c2ccccc21)c1ccccc1. The number of rotatable bonds is 9. The minimum Gasteiger partial charge on any atom is -0.289 e. The van der Waals surface area contributed by atoms with Crippen LogP contribution in [0.1, 0.15) is 43.1 Å². The molecule has 0 fully saturated rings. The molecule has 1 nitrogen and oxygen atoms in total.